The molecular formula is C25H35N7O4. The Morgan fingerprint density at radius 2 is 1.81 bits per heavy atom. The first-order valence-electron chi connectivity index (χ1n) is 12.3. The smallest absolute Gasteiger partial charge is 0.416 e. The summed E-state index contributed by atoms with van der Waals surface area (Å²) in [6.45, 7) is 10.7. The summed E-state index contributed by atoms with van der Waals surface area (Å²) in [5.41, 5.74) is 7.75. The lowest BCUT2D eigenvalue weighted by Crippen LogP contribution is -2.49. The lowest BCUT2D eigenvalue weighted by atomic mass is 9.98. The first kappa shape index (κ1) is 25.5. The van der Waals surface area contributed by atoms with Crippen LogP contribution in [0.5, 0.6) is 0 Å². The molecular weight excluding hydrogens is 462 g/mol. The van der Waals surface area contributed by atoms with Crippen molar-refractivity contribution in [2.75, 3.05) is 48.7 Å². The number of nitrogen functional groups attached to an aromatic ring is 1. The summed E-state index contributed by atoms with van der Waals surface area (Å²) in [6.07, 6.45) is -0.369. The second-order valence-corrected chi connectivity index (χ2v) is 9.94. The summed E-state index contributed by atoms with van der Waals surface area (Å²) in [5, 5.41) is 12.5. The zero-order valence-corrected chi connectivity index (χ0v) is 21.3. The van der Waals surface area contributed by atoms with Crippen molar-refractivity contribution in [3.05, 3.63) is 41.5 Å². The monoisotopic (exact) mass is 497 g/mol. The number of piperazine rings is 1. The number of carbonyl (C=O) groups is 2. The highest BCUT2D eigenvalue weighted by Gasteiger charge is 2.42. The van der Waals surface area contributed by atoms with Crippen LogP contribution in [0.25, 0.3) is 0 Å². The fourth-order valence-electron chi connectivity index (χ4n) is 4.86. The Bertz CT molecular complexity index is 1100. The Balaban J connectivity index is 1.45. The number of benzene rings is 1. The van der Waals surface area contributed by atoms with Crippen LogP contribution in [-0.2, 0) is 4.74 Å². The van der Waals surface area contributed by atoms with E-state index in [2.05, 4.69) is 51.4 Å². The summed E-state index contributed by atoms with van der Waals surface area (Å²) in [5.74, 6) is 0.989. The highest BCUT2D eigenvalue weighted by Crippen LogP contribution is 2.31. The van der Waals surface area contributed by atoms with Gasteiger partial charge in [-0.05, 0) is 38.3 Å². The van der Waals surface area contributed by atoms with E-state index in [4.69, 9.17) is 10.5 Å². The molecule has 2 aromatic rings. The SMILES string of the molecule is CCC(c1ccc([C@H](C)Nc2nc(N)cc(N3C(=O)OCC3(C)C)n2)cc1)N1CCN(C(=O)O)CC1. The highest BCUT2D eigenvalue weighted by molar-refractivity contribution is 5.90. The zero-order valence-electron chi connectivity index (χ0n) is 21.3. The zero-order chi connectivity index (χ0) is 26.0. The van der Waals surface area contributed by atoms with E-state index in [1.807, 2.05) is 20.8 Å². The molecule has 2 aliphatic heterocycles. The van der Waals surface area contributed by atoms with Crippen LogP contribution in [-0.4, -0.2) is 75.4 Å². The minimum Gasteiger partial charge on any atom is -0.465 e. The van der Waals surface area contributed by atoms with Gasteiger partial charge in [0.25, 0.3) is 0 Å². The third-order valence-corrected chi connectivity index (χ3v) is 6.88. The number of ether oxygens (including phenoxy) is 1. The van der Waals surface area contributed by atoms with Gasteiger partial charge in [0.1, 0.15) is 18.2 Å². The quantitative estimate of drug-likeness (QED) is 0.523. The van der Waals surface area contributed by atoms with Crippen LogP contribution in [0, 0.1) is 0 Å². The molecule has 0 bridgehead atoms. The number of cyclic esters (lactones) is 1. The van der Waals surface area contributed by atoms with Gasteiger partial charge >= 0.3 is 12.2 Å². The number of nitrogens with one attached hydrogen (secondary N) is 1. The second-order valence-electron chi connectivity index (χ2n) is 9.94. The van der Waals surface area contributed by atoms with Crippen molar-refractivity contribution in [2.45, 2.75) is 51.7 Å². The van der Waals surface area contributed by atoms with Crippen molar-refractivity contribution >= 4 is 29.8 Å². The van der Waals surface area contributed by atoms with E-state index in [0.717, 1.165) is 25.1 Å². The van der Waals surface area contributed by atoms with Gasteiger partial charge in [-0.1, -0.05) is 31.2 Å². The summed E-state index contributed by atoms with van der Waals surface area (Å²) >= 11 is 0. The summed E-state index contributed by atoms with van der Waals surface area (Å²) in [6, 6.07) is 10.1. The van der Waals surface area contributed by atoms with Crippen LogP contribution < -0.4 is 16.0 Å². The minimum atomic E-state index is -0.853. The van der Waals surface area contributed by atoms with Crippen molar-refractivity contribution in [2.24, 2.45) is 0 Å². The van der Waals surface area contributed by atoms with Crippen LogP contribution in [0.1, 0.15) is 57.3 Å². The number of nitrogens with two attached hydrogens (primary N) is 1. The minimum absolute atomic E-state index is 0.105. The maximum absolute atomic E-state index is 12.3. The molecule has 1 aromatic heterocycles. The predicted octanol–water partition coefficient (Wildman–Crippen LogP) is 3.71. The Kier molecular flexibility index (Phi) is 7.21. The van der Waals surface area contributed by atoms with Crippen molar-refractivity contribution in [1.82, 2.24) is 19.8 Å². The van der Waals surface area contributed by atoms with Crippen LogP contribution >= 0.6 is 0 Å². The first-order valence-corrected chi connectivity index (χ1v) is 12.3. The van der Waals surface area contributed by atoms with Gasteiger partial charge in [0.15, 0.2) is 0 Å². The molecule has 11 heteroatoms. The maximum Gasteiger partial charge on any atom is 0.416 e. The molecule has 0 radical (unpaired) electrons. The molecule has 3 heterocycles. The lowest BCUT2D eigenvalue weighted by molar-refractivity contribution is 0.0835. The van der Waals surface area contributed by atoms with E-state index < -0.39 is 17.7 Å². The van der Waals surface area contributed by atoms with Crippen molar-refractivity contribution in [3.8, 4) is 0 Å². The van der Waals surface area contributed by atoms with Crippen LogP contribution in [0.15, 0.2) is 30.3 Å². The summed E-state index contributed by atoms with van der Waals surface area (Å²) < 4.78 is 5.20. The van der Waals surface area contributed by atoms with E-state index >= 15 is 0 Å². The van der Waals surface area contributed by atoms with Gasteiger partial charge < -0.3 is 25.8 Å². The number of hydrogen-bond acceptors (Lipinski definition) is 8. The fraction of sp³-hybridized carbons (Fsp3) is 0.520. The number of amides is 2. The third-order valence-electron chi connectivity index (χ3n) is 6.88. The van der Waals surface area contributed by atoms with Crippen LogP contribution in [0.2, 0.25) is 0 Å². The largest absolute Gasteiger partial charge is 0.465 e. The van der Waals surface area contributed by atoms with Crippen molar-refractivity contribution < 1.29 is 19.4 Å². The molecule has 194 valence electrons. The third kappa shape index (κ3) is 5.30. The molecule has 11 nitrogen and oxygen atoms in total. The second kappa shape index (κ2) is 10.2. The molecule has 2 aliphatic rings. The molecule has 1 aromatic carbocycles. The average molecular weight is 498 g/mol. The molecule has 1 unspecified atom stereocenters. The number of nitrogens with zero attached hydrogens (tertiary/aromatic N) is 5. The Hall–Kier alpha value is -3.60. The Morgan fingerprint density at radius 3 is 2.36 bits per heavy atom. The molecule has 36 heavy (non-hydrogen) atoms. The number of anilines is 3. The van der Waals surface area contributed by atoms with Gasteiger partial charge in [-0.2, -0.15) is 9.97 Å². The standard InChI is InChI=1S/C25H35N7O4/c1-5-19(30-10-12-31(13-11-30)23(33)34)18-8-6-17(7-9-18)16(2)27-22-28-20(26)14-21(29-22)32-24(35)36-15-25(32,3)4/h6-9,14,16,19H,5,10-13,15H2,1-4H3,(H,33,34)(H3,26,27,28,29)/t16-,19?/m0/s1. The molecule has 2 fully saturated rings. The maximum atomic E-state index is 12.3. The molecule has 0 spiro atoms. The fourth-order valence-corrected chi connectivity index (χ4v) is 4.86. The van der Waals surface area contributed by atoms with E-state index in [0.29, 0.717) is 24.9 Å². The van der Waals surface area contributed by atoms with Gasteiger partial charge in [0.2, 0.25) is 5.95 Å². The number of hydrogen-bond donors (Lipinski definition) is 3. The highest BCUT2D eigenvalue weighted by atomic mass is 16.6. The van der Waals surface area contributed by atoms with Gasteiger partial charge in [-0.15, -0.1) is 0 Å². The Labute approximate surface area is 211 Å². The number of aromatic nitrogens is 2. The number of carbonyl (C=O) groups excluding carboxylic acids is 1. The molecule has 2 atom stereocenters. The predicted molar refractivity (Wildman–Crippen MR) is 137 cm³/mol. The number of rotatable bonds is 7. The molecule has 4 rings (SSSR count). The lowest BCUT2D eigenvalue weighted by Gasteiger charge is -2.38. The molecule has 4 N–H and O–H groups in total. The molecule has 2 saturated heterocycles. The van der Waals surface area contributed by atoms with Gasteiger partial charge in [-0.25, -0.2) is 9.59 Å². The molecule has 0 saturated carbocycles. The number of carboxylic acid groups (broad SMARTS) is 1. The normalized spacial score (nSPS) is 19.6. The van der Waals surface area contributed by atoms with E-state index in [9.17, 15) is 14.7 Å². The van der Waals surface area contributed by atoms with Crippen LogP contribution in [0.3, 0.4) is 0 Å². The summed E-state index contributed by atoms with van der Waals surface area (Å²) in [7, 11) is 0. The van der Waals surface area contributed by atoms with E-state index in [-0.39, 0.29) is 24.5 Å². The molecule has 2 amide bonds. The van der Waals surface area contributed by atoms with Gasteiger partial charge in [0, 0.05) is 38.3 Å². The van der Waals surface area contributed by atoms with Crippen molar-refractivity contribution in [1.29, 1.82) is 0 Å². The van der Waals surface area contributed by atoms with Gasteiger partial charge in [0.05, 0.1) is 11.6 Å². The van der Waals surface area contributed by atoms with E-state index in [1.165, 1.54) is 15.4 Å². The van der Waals surface area contributed by atoms with Gasteiger partial charge in [-0.3, -0.25) is 9.80 Å². The van der Waals surface area contributed by atoms with E-state index in [1.54, 1.807) is 6.07 Å². The average Bonchev–Trinajstić information content (AvgIpc) is 3.11. The topological polar surface area (TPSA) is 137 Å². The summed E-state index contributed by atoms with van der Waals surface area (Å²) in [4.78, 5) is 37.7. The first-order chi connectivity index (χ1) is 17.1. The van der Waals surface area contributed by atoms with Crippen LogP contribution in [0.4, 0.5) is 27.2 Å². The molecule has 0 aliphatic carbocycles. The van der Waals surface area contributed by atoms with Crippen molar-refractivity contribution in [3.63, 3.8) is 0 Å². The Morgan fingerprint density at radius 1 is 1.17 bits per heavy atom.